The smallest absolute Gasteiger partial charge is 0.171 e. The fourth-order valence-corrected chi connectivity index (χ4v) is 2.62. The van der Waals surface area contributed by atoms with E-state index in [4.69, 9.17) is 12.2 Å². The highest BCUT2D eigenvalue weighted by molar-refractivity contribution is 7.80. The standard InChI is InChI=1S/C19H20N4S/c1-15-7-5-6-10-17(15)13-23-14-18(12-21-23)22-19(24)20-11-16-8-3-2-4-9-16/h2-10,12,14H,11,13H2,1H3,(H2,20,22,24). The molecule has 0 unspecified atom stereocenters. The maximum atomic E-state index is 5.34. The van der Waals surface area contributed by atoms with E-state index in [9.17, 15) is 0 Å². The molecular weight excluding hydrogens is 316 g/mol. The number of hydrogen-bond acceptors (Lipinski definition) is 2. The predicted octanol–water partition coefficient (Wildman–Crippen LogP) is 3.73. The molecule has 3 rings (SSSR count). The van der Waals surface area contributed by atoms with Crippen LogP contribution in [0.1, 0.15) is 16.7 Å². The number of rotatable bonds is 5. The quantitative estimate of drug-likeness (QED) is 0.697. The Morgan fingerprint density at radius 1 is 1.08 bits per heavy atom. The molecular formula is C19H20N4S. The molecule has 1 aromatic heterocycles. The zero-order valence-electron chi connectivity index (χ0n) is 13.6. The van der Waals surface area contributed by atoms with Crippen LogP contribution in [0.25, 0.3) is 0 Å². The van der Waals surface area contributed by atoms with Gasteiger partial charge < -0.3 is 10.6 Å². The lowest BCUT2D eigenvalue weighted by atomic mass is 10.1. The molecule has 2 aromatic carbocycles. The van der Waals surface area contributed by atoms with Crippen molar-refractivity contribution < 1.29 is 0 Å². The Labute approximate surface area is 147 Å². The largest absolute Gasteiger partial charge is 0.358 e. The Morgan fingerprint density at radius 2 is 1.83 bits per heavy atom. The predicted molar refractivity (Wildman–Crippen MR) is 102 cm³/mol. The van der Waals surface area contributed by atoms with Gasteiger partial charge in [-0.3, -0.25) is 4.68 Å². The monoisotopic (exact) mass is 336 g/mol. The van der Waals surface area contributed by atoms with Gasteiger partial charge in [0.2, 0.25) is 0 Å². The maximum Gasteiger partial charge on any atom is 0.171 e. The summed E-state index contributed by atoms with van der Waals surface area (Å²) in [5.74, 6) is 0. The van der Waals surface area contributed by atoms with Crippen molar-refractivity contribution in [2.75, 3.05) is 5.32 Å². The van der Waals surface area contributed by atoms with Gasteiger partial charge in [0.05, 0.1) is 18.4 Å². The number of aromatic nitrogens is 2. The second kappa shape index (κ2) is 7.75. The lowest BCUT2D eigenvalue weighted by Gasteiger charge is -2.09. The summed E-state index contributed by atoms with van der Waals surface area (Å²) in [4.78, 5) is 0. The molecule has 0 aliphatic carbocycles. The molecule has 0 radical (unpaired) electrons. The SMILES string of the molecule is Cc1ccccc1Cn1cc(NC(=S)NCc2ccccc2)cn1. The number of thiocarbonyl (C=S) groups is 1. The first-order valence-corrected chi connectivity index (χ1v) is 8.27. The Balaban J connectivity index is 1.54. The van der Waals surface area contributed by atoms with Gasteiger partial charge in [-0.1, -0.05) is 54.6 Å². The molecule has 0 amide bonds. The van der Waals surface area contributed by atoms with Crippen molar-refractivity contribution in [2.24, 2.45) is 0 Å². The summed E-state index contributed by atoms with van der Waals surface area (Å²) >= 11 is 5.34. The summed E-state index contributed by atoms with van der Waals surface area (Å²) in [5.41, 5.74) is 4.60. The van der Waals surface area contributed by atoms with Crippen molar-refractivity contribution in [1.29, 1.82) is 0 Å². The number of hydrogen-bond donors (Lipinski definition) is 2. The third-order valence-corrected chi connectivity index (χ3v) is 4.03. The Morgan fingerprint density at radius 3 is 2.62 bits per heavy atom. The van der Waals surface area contributed by atoms with E-state index in [1.54, 1.807) is 6.20 Å². The van der Waals surface area contributed by atoms with Crippen molar-refractivity contribution in [3.8, 4) is 0 Å². The van der Waals surface area contributed by atoms with Gasteiger partial charge in [0, 0.05) is 12.7 Å². The van der Waals surface area contributed by atoms with E-state index in [0.717, 1.165) is 12.2 Å². The fourth-order valence-electron chi connectivity index (χ4n) is 2.43. The van der Waals surface area contributed by atoms with Gasteiger partial charge in [0.1, 0.15) is 0 Å². The minimum Gasteiger partial charge on any atom is -0.358 e. The average molecular weight is 336 g/mol. The Kier molecular flexibility index (Phi) is 5.23. The first kappa shape index (κ1) is 16.2. The number of aryl methyl sites for hydroxylation is 1. The maximum absolute atomic E-state index is 5.34. The molecule has 2 N–H and O–H groups in total. The van der Waals surface area contributed by atoms with Crippen molar-refractivity contribution in [3.63, 3.8) is 0 Å². The first-order valence-electron chi connectivity index (χ1n) is 7.86. The summed E-state index contributed by atoms with van der Waals surface area (Å²) in [5, 5.41) is 11.4. The minimum atomic E-state index is 0.592. The van der Waals surface area contributed by atoms with Crippen LogP contribution in [0.4, 0.5) is 5.69 Å². The highest BCUT2D eigenvalue weighted by Crippen LogP contribution is 2.11. The molecule has 3 aromatic rings. The molecule has 0 atom stereocenters. The summed E-state index contributed by atoms with van der Waals surface area (Å²) in [7, 11) is 0. The molecule has 0 saturated heterocycles. The Bertz CT molecular complexity index is 811. The normalized spacial score (nSPS) is 10.4. The van der Waals surface area contributed by atoms with E-state index in [1.807, 2.05) is 41.2 Å². The zero-order valence-corrected chi connectivity index (χ0v) is 14.4. The van der Waals surface area contributed by atoms with Gasteiger partial charge in [0.25, 0.3) is 0 Å². The molecule has 24 heavy (non-hydrogen) atoms. The topological polar surface area (TPSA) is 41.9 Å². The summed E-state index contributed by atoms with van der Waals surface area (Å²) in [6.45, 7) is 3.56. The van der Waals surface area contributed by atoms with E-state index in [1.165, 1.54) is 16.7 Å². The van der Waals surface area contributed by atoms with Crippen molar-refractivity contribution in [3.05, 3.63) is 83.7 Å². The van der Waals surface area contributed by atoms with Crippen LogP contribution >= 0.6 is 12.2 Å². The third-order valence-electron chi connectivity index (χ3n) is 3.78. The molecule has 0 spiro atoms. The van der Waals surface area contributed by atoms with Gasteiger partial charge in [-0.2, -0.15) is 5.10 Å². The van der Waals surface area contributed by atoms with Gasteiger partial charge in [0.15, 0.2) is 5.11 Å². The molecule has 0 fully saturated rings. The second-order valence-electron chi connectivity index (χ2n) is 5.65. The lowest BCUT2D eigenvalue weighted by molar-refractivity contribution is 0.684. The van der Waals surface area contributed by atoms with Gasteiger partial charge >= 0.3 is 0 Å². The summed E-state index contributed by atoms with van der Waals surface area (Å²) in [6.07, 6.45) is 3.75. The van der Waals surface area contributed by atoms with Crippen LogP contribution in [0.2, 0.25) is 0 Å². The zero-order chi connectivity index (χ0) is 16.8. The molecule has 122 valence electrons. The van der Waals surface area contributed by atoms with Gasteiger partial charge in [-0.25, -0.2) is 0 Å². The van der Waals surface area contributed by atoms with Crippen LogP contribution in [-0.4, -0.2) is 14.9 Å². The number of benzene rings is 2. The van der Waals surface area contributed by atoms with Crippen molar-refractivity contribution in [1.82, 2.24) is 15.1 Å². The summed E-state index contributed by atoms with van der Waals surface area (Å²) in [6, 6.07) is 18.5. The van der Waals surface area contributed by atoms with Crippen LogP contribution in [-0.2, 0) is 13.1 Å². The second-order valence-corrected chi connectivity index (χ2v) is 6.05. The van der Waals surface area contributed by atoms with Crippen molar-refractivity contribution in [2.45, 2.75) is 20.0 Å². The number of anilines is 1. The van der Waals surface area contributed by atoms with E-state index in [-0.39, 0.29) is 0 Å². The average Bonchev–Trinajstić information content (AvgIpc) is 3.03. The Hall–Kier alpha value is -2.66. The van der Waals surface area contributed by atoms with Crippen LogP contribution in [0.3, 0.4) is 0 Å². The molecule has 0 aliphatic heterocycles. The molecule has 0 saturated carbocycles. The van der Waals surface area contributed by atoms with E-state index in [0.29, 0.717) is 11.7 Å². The van der Waals surface area contributed by atoms with E-state index in [2.05, 4.69) is 46.9 Å². The van der Waals surface area contributed by atoms with Crippen molar-refractivity contribution >= 4 is 23.0 Å². The molecule has 1 heterocycles. The van der Waals surface area contributed by atoms with E-state index < -0.39 is 0 Å². The summed E-state index contributed by atoms with van der Waals surface area (Å²) < 4.78 is 1.91. The lowest BCUT2D eigenvalue weighted by Crippen LogP contribution is -2.27. The molecule has 5 heteroatoms. The van der Waals surface area contributed by atoms with Gasteiger partial charge in [-0.15, -0.1) is 0 Å². The van der Waals surface area contributed by atoms with Crippen LogP contribution in [0.15, 0.2) is 67.0 Å². The number of nitrogens with one attached hydrogen (secondary N) is 2. The highest BCUT2D eigenvalue weighted by atomic mass is 32.1. The third kappa shape index (κ3) is 4.43. The number of nitrogens with zero attached hydrogens (tertiary/aromatic N) is 2. The van der Waals surface area contributed by atoms with Gasteiger partial charge in [-0.05, 0) is 35.8 Å². The highest BCUT2D eigenvalue weighted by Gasteiger charge is 2.03. The molecule has 0 bridgehead atoms. The minimum absolute atomic E-state index is 0.592. The van der Waals surface area contributed by atoms with E-state index >= 15 is 0 Å². The van der Waals surface area contributed by atoms with Crippen LogP contribution in [0.5, 0.6) is 0 Å². The first-order chi connectivity index (χ1) is 11.7. The van der Waals surface area contributed by atoms with Crippen LogP contribution < -0.4 is 10.6 Å². The molecule has 0 aliphatic rings. The molecule has 4 nitrogen and oxygen atoms in total. The fraction of sp³-hybridized carbons (Fsp3) is 0.158. The van der Waals surface area contributed by atoms with Crippen LogP contribution in [0, 0.1) is 6.92 Å².